The molecule has 0 aromatic rings. The van der Waals surface area contributed by atoms with Crippen LogP contribution >= 0.6 is 0 Å². The summed E-state index contributed by atoms with van der Waals surface area (Å²) in [5.41, 5.74) is 1.25. The lowest BCUT2D eigenvalue weighted by Crippen LogP contribution is -2.33. The first kappa shape index (κ1) is 19.9. The number of esters is 1. The highest BCUT2D eigenvalue weighted by Crippen LogP contribution is 2.36. The normalized spacial score (nSPS) is 15.3. The number of carbonyl (C=O) groups is 1. The lowest BCUT2D eigenvalue weighted by Gasteiger charge is -2.33. The first-order chi connectivity index (χ1) is 9.51. The fourth-order valence-electron chi connectivity index (χ4n) is 2.26. The van der Waals surface area contributed by atoms with Crippen LogP contribution in [0, 0.1) is 16.7 Å². The van der Waals surface area contributed by atoms with Crippen LogP contribution in [0.15, 0.2) is 23.8 Å². The quantitative estimate of drug-likeness (QED) is 0.475. The van der Waals surface area contributed by atoms with Gasteiger partial charge in [0.1, 0.15) is 0 Å². The van der Waals surface area contributed by atoms with Gasteiger partial charge >= 0.3 is 5.97 Å². The molecular weight excluding hydrogens is 260 g/mol. The lowest BCUT2D eigenvalue weighted by molar-refractivity contribution is -0.153. The van der Waals surface area contributed by atoms with Gasteiger partial charge in [0.05, 0.1) is 12.5 Å². The fourth-order valence-corrected chi connectivity index (χ4v) is 2.26. The van der Waals surface area contributed by atoms with Crippen LogP contribution in [0.1, 0.15) is 68.2 Å². The molecular formula is C19H34O2. The van der Waals surface area contributed by atoms with Crippen molar-refractivity contribution in [2.75, 3.05) is 6.61 Å². The Morgan fingerprint density at radius 2 is 1.67 bits per heavy atom. The van der Waals surface area contributed by atoms with E-state index in [-0.39, 0.29) is 22.7 Å². The SMILES string of the molecule is C/C=C\C(=C/C)CCOC(=O)C(CC(C)(C)C)C(C)(C)C. The number of hydrogen-bond donors (Lipinski definition) is 0. The molecule has 0 aliphatic rings. The van der Waals surface area contributed by atoms with Crippen LogP contribution in [0.5, 0.6) is 0 Å². The highest BCUT2D eigenvalue weighted by atomic mass is 16.5. The van der Waals surface area contributed by atoms with Gasteiger partial charge in [0.15, 0.2) is 0 Å². The van der Waals surface area contributed by atoms with Gasteiger partial charge in [-0.25, -0.2) is 0 Å². The van der Waals surface area contributed by atoms with Crippen molar-refractivity contribution in [3.8, 4) is 0 Å². The Hall–Kier alpha value is -1.05. The van der Waals surface area contributed by atoms with Gasteiger partial charge in [-0.05, 0) is 36.7 Å². The minimum absolute atomic E-state index is 0.0617. The van der Waals surface area contributed by atoms with E-state index < -0.39 is 0 Å². The Labute approximate surface area is 131 Å². The summed E-state index contributed by atoms with van der Waals surface area (Å²) in [5, 5.41) is 0. The summed E-state index contributed by atoms with van der Waals surface area (Å²) >= 11 is 0. The topological polar surface area (TPSA) is 26.3 Å². The number of carbonyl (C=O) groups excluding carboxylic acids is 1. The van der Waals surface area contributed by atoms with Crippen molar-refractivity contribution in [1.29, 1.82) is 0 Å². The molecule has 1 atom stereocenters. The van der Waals surface area contributed by atoms with Crippen LogP contribution in [0.2, 0.25) is 0 Å². The van der Waals surface area contributed by atoms with Crippen LogP contribution in [0.3, 0.4) is 0 Å². The number of rotatable bonds is 6. The van der Waals surface area contributed by atoms with Crippen LogP contribution in [0.4, 0.5) is 0 Å². The molecule has 0 N–H and O–H groups in total. The fraction of sp³-hybridized carbons (Fsp3) is 0.737. The molecule has 0 fully saturated rings. The van der Waals surface area contributed by atoms with E-state index in [1.54, 1.807) is 0 Å². The van der Waals surface area contributed by atoms with Crippen LogP contribution < -0.4 is 0 Å². The summed E-state index contributed by atoms with van der Waals surface area (Å²) in [6.07, 6.45) is 7.75. The van der Waals surface area contributed by atoms with Crippen molar-refractivity contribution in [2.24, 2.45) is 16.7 Å². The maximum Gasteiger partial charge on any atom is 0.309 e. The summed E-state index contributed by atoms with van der Waals surface area (Å²) in [6, 6.07) is 0. The minimum atomic E-state index is -0.0723. The van der Waals surface area contributed by atoms with Gasteiger partial charge in [-0.3, -0.25) is 4.79 Å². The van der Waals surface area contributed by atoms with Crippen molar-refractivity contribution in [1.82, 2.24) is 0 Å². The molecule has 0 radical (unpaired) electrons. The smallest absolute Gasteiger partial charge is 0.309 e. The molecule has 0 bridgehead atoms. The highest BCUT2D eigenvalue weighted by molar-refractivity contribution is 5.73. The molecule has 0 saturated heterocycles. The van der Waals surface area contributed by atoms with E-state index >= 15 is 0 Å². The lowest BCUT2D eigenvalue weighted by atomic mass is 9.72. The molecule has 122 valence electrons. The standard InChI is InChI=1S/C19H34O2/c1-9-11-15(10-2)12-13-21-17(20)16(19(6,7)8)14-18(3,4)5/h9-11,16H,12-14H2,1-8H3/b11-9-,15-10+. The predicted octanol–water partition coefficient (Wildman–Crippen LogP) is 5.54. The molecule has 1 unspecified atom stereocenters. The molecule has 0 rings (SSSR count). The first-order valence-electron chi connectivity index (χ1n) is 7.96. The maximum absolute atomic E-state index is 12.4. The van der Waals surface area contributed by atoms with Gasteiger partial charge < -0.3 is 4.74 Å². The van der Waals surface area contributed by atoms with Gasteiger partial charge in [-0.15, -0.1) is 0 Å². The van der Waals surface area contributed by atoms with Gasteiger partial charge in [-0.2, -0.15) is 0 Å². The second-order valence-corrected chi connectivity index (χ2v) is 7.96. The number of ether oxygens (including phenoxy) is 1. The third-order valence-corrected chi connectivity index (χ3v) is 3.53. The van der Waals surface area contributed by atoms with Crippen LogP contribution in [0.25, 0.3) is 0 Å². The summed E-state index contributed by atoms with van der Waals surface area (Å²) in [6.45, 7) is 17.3. The predicted molar refractivity (Wildman–Crippen MR) is 91.2 cm³/mol. The Kier molecular flexibility index (Phi) is 7.99. The average Bonchev–Trinajstić information content (AvgIpc) is 2.32. The summed E-state index contributed by atoms with van der Waals surface area (Å²) in [7, 11) is 0. The molecule has 0 amide bonds. The largest absolute Gasteiger partial charge is 0.465 e. The molecule has 21 heavy (non-hydrogen) atoms. The van der Waals surface area contributed by atoms with E-state index in [2.05, 4.69) is 53.7 Å². The number of hydrogen-bond acceptors (Lipinski definition) is 2. The maximum atomic E-state index is 12.4. The zero-order valence-corrected chi connectivity index (χ0v) is 15.2. The zero-order chi connectivity index (χ0) is 16.7. The summed E-state index contributed by atoms with van der Waals surface area (Å²) in [4.78, 5) is 12.4. The van der Waals surface area contributed by atoms with Crippen molar-refractivity contribution >= 4 is 5.97 Å². The Morgan fingerprint density at radius 3 is 2.05 bits per heavy atom. The molecule has 2 nitrogen and oxygen atoms in total. The third kappa shape index (κ3) is 8.75. The second-order valence-electron chi connectivity index (χ2n) is 7.96. The van der Waals surface area contributed by atoms with E-state index in [1.807, 2.05) is 19.9 Å². The van der Waals surface area contributed by atoms with Crippen molar-refractivity contribution in [2.45, 2.75) is 68.2 Å². The van der Waals surface area contributed by atoms with E-state index in [4.69, 9.17) is 4.74 Å². The number of allylic oxidation sites excluding steroid dienone is 3. The molecule has 0 aromatic heterocycles. The van der Waals surface area contributed by atoms with E-state index in [1.165, 1.54) is 5.57 Å². The van der Waals surface area contributed by atoms with Crippen molar-refractivity contribution in [3.05, 3.63) is 23.8 Å². The van der Waals surface area contributed by atoms with Gasteiger partial charge in [-0.1, -0.05) is 59.8 Å². The zero-order valence-electron chi connectivity index (χ0n) is 15.2. The van der Waals surface area contributed by atoms with Crippen LogP contribution in [-0.4, -0.2) is 12.6 Å². The van der Waals surface area contributed by atoms with E-state index in [0.29, 0.717) is 6.61 Å². The molecule has 0 heterocycles. The Morgan fingerprint density at radius 1 is 1.10 bits per heavy atom. The highest BCUT2D eigenvalue weighted by Gasteiger charge is 2.35. The average molecular weight is 294 g/mol. The second kappa shape index (κ2) is 8.41. The Bertz CT molecular complexity index is 375. The Balaban J connectivity index is 4.64. The molecule has 0 saturated carbocycles. The molecule has 0 aliphatic heterocycles. The van der Waals surface area contributed by atoms with Gasteiger partial charge in [0.25, 0.3) is 0 Å². The van der Waals surface area contributed by atoms with Gasteiger partial charge in [0, 0.05) is 6.42 Å². The van der Waals surface area contributed by atoms with E-state index in [0.717, 1.165) is 12.8 Å². The summed E-state index contributed by atoms with van der Waals surface area (Å²) < 4.78 is 5.54. The monoisotopic (exact) mass is 294 g/mol. The van der Waals surface area contributed by atoms with E-state index in [9.17, 15) is 4.79 Å². The molecule has 2 heteroatoms. The molecule has 0 aromatic carbocycles. The third-order valence-electron chi connectivity index (χ3n) is 3.53. The van der Waals surface area contributed by atoms with Gasteiger partial charge in [0.2, 0.25) is 0 Å². The molecule has 0 spiro atoms. The first-order valence-corrected chi connectivity index (χ1v) is 7.96. The minimum Gasteiger partial charge on any atom is -0.465 e. The van der Waals surface area contributed by atoms with Crippen molar-refractivity contribution < 1.29 is 9.53 Å². The van der Waals surface area contributed by atoms with Crippen LogP contribution in [-0.2, 0) is 9.53 Å². The molecule has 0 aliphatic carbocycles. The van der Waals surface area contributed by atoms with Crippen molar-refractivity contribution in [3.63, 3.8) is 0 Å². The summed E-state index contributed by atoms with van der Waals surface area (Å²) in [5.74, 6) is -0.123.